The van der Waals surface area contributed by atoms with Crippen LogP contribution in [0.4, 0.5) is 8.78 Å². The van der Waals surface area contributed by atoms with Gasteiger partial charge in [-0.3, -0.25) is 0 Å². The highest BCUT2D eigenvalue weighted by Crippen LogP contribution is 2.44. The molecule has 4 nitrogen and oxygen atoms in total. The number of rotatable bonds is 4. The summed E-state index contributed by atoms with van der Waals surface area (Å²) < 4.78 is 27.8. The van der Waals surface area contributed by atoms with Gasteiger partial charge in [-0.2, -0.15) is 0 Å². The molecule has 17 heavy (non-hydrogen) atoms. The van der Waals surface area contributed by atoms with Crippen molar-refractivity contribution in [2.45, 2.75) is 51.2 Å². The number of aromatic nitrogens is 3. The van der Waals surface area contributed by atoms with Gasteiger partial charge in [-0.05, 0) is 18.8 Å². The average molecular weight is 245 g/mol. The van der Waals surface area contributed by atoms with Gasteiger partial charge in [0.1, 0.15) is 6.10 Å². The minimum absolute atomic E-state index is 0.135. The lowest BCUT2D eigenvalue weighted by atomic mass is 9.98. The van der Waals surface area contributed by atoms with Crippen molar-refractivity contribution >= 4 is 0 Å². The molecule has 0 saturated heterocycles. The molecule has 1 N–H and O–H groups in total. The summed E-state index contributed by atoms with van der Waals surface area (Å²) in [5.74, 6) is -3.02. The van der Waals surface area contributed by atoms with Crippen molar-refractivity contribution in [2.75, 3.05) is 0 Å². The smallest absolute Gasteiger partial charge is 0.248 e. The maximum atomic E-state index is 13.1. The van der Waals surface area contributed by atoms with Gasteiger partial charge in [0.2, 0.25) is 5.92 Å². The van der Waals surface area contributed by atoms with Gasteiger partial charge >= 0.3 is 0 Å². The van der Waals surface area contributed by atoms with Crippen LogP contribution in [0.15, 0.2) is 6.20 Å². The summed E-state index contributed by atoms with van der Waals surface area (Å²) >= 11 is 0. The standard InChI is InChI=1S/C11H17F2N3O/c1-2-5-16-9(7-14-15-16)10(17)8-3-4-11(12,13)6-8/h7-8,10,17H,2-6H2,1H3. The van der Waals surface area contributed by atoms with Crippen molar-refractivity contribution in [3.05, 3.63) is 11.9 Å². The molecule has 1 aromatic heterocycles. The number of alkyl halides is 2. The van der Waals surface area contributed by atoms with Crippen molar-refractivity contribution in [1.82, 2.24) is 15.0 Å². The molecule has 0 bridgehead atoms. The Morgan fingerprint density at radius 1 is 1.65 bits per heavy atom. The maximum Gasteiger partial charge on any atom is 0.248 e. The molecular formula is C11H17F2N3O. The van der Waals surface area contributed by atoms with Gasteiger partial charge in [0.15, 0.2) is 0 Å². The van der Waals surface area contributed by atoms with Gasteiger partial charge < -0.3 is 5.11 Å². The van der Waals surface area contributed by atoms with Crippen LogP contribution in [-0.4, -0.2) is 26.0 Å². The first-order valence-corrected chi connectivity index (χ1v) is 5.98. The molecule has 2 atom stereocenters. The van der Waals surface area contributed by atoms with E-state index in [0.717, 1.165) is 6.42 Å². The van der Waals surface area contributed by atoms with E-state index in [2.05, 4.69) is 10.3 Å². The molecule has 6 heteroatoms. The molecule has 0 spiro atoms. The van der Waals surface area contributed by atoms with E-state index in [1.165, 1.54) is 6.20 Å². The number of halogens is 2. The summed E-state index contributed by atoms with van der Waals surface area (Å²) in [4.78, 5) is 0. The van der Waals surface area contributed by atoms with Crippen LogP contribution in [-0.2, 0) is 6.54 Å². The van der Waals surface area contributed by atoms with Crippen LogP contribution in [0.1, 0.15) is 44.4 Å². The summed E-state index contributed by atoms with van der Waals surface area (Å²) in [7, 11) is 0. The Hall–Kier alpha value is -1.04. The van der Waals surface area contributed by atoms with E-state index in [9.17, 15) is 13.9 Å². The van der Waals surface area contributed by atoms with E-state index >= 15 is 0 Å². The van der Waals surface area contributed by atoms with Crippen LogP contribution in [0, 0.1) is 5.92 Å². The zero-order chi connectivity index (χ0) is 12.5. The predicted octanol–water partition coefficient (Wildman–Crippen LogP) is 2.16. The summed E-state index contributed by atoms with van der Waals surface area (Å²) in [5, 5.41) is 17.7. The van der Waals surface area contributed by atoms with Crippen LogP contribution < -0.4 is 0 Å². The van der Waals surface area contributed by atoms with E-state index < -0.39 is 12.0 Å². The molecule has 0 radical (unpaired) electrons. The van der Waals surface area contributed by atoms with Gasteiger partial charge in [-0.1, -0.05) is 12.1 Å². The third-order valence-corrected chi connectivity index (χ3v) is 3.27. The fourth-order valence-corrected chi connectivity index (χ4v) is 2.38. The number of hydrogen-bond acceptors (Lipinski definition) is 3. The topological polar surface area (TPSA) is 50.9 Å². The first kappa shape index (κ1) is 12.4. The summed E-state index contributed by atoms with van der Waals surface area (Å²) in [5.41, 5.74) is 0.551. The number of aliphatic hydroxyl groups excluding tert-OH is 1. The lowest BCUT2D eigenvalue weighted by Gasteiger charge is -2.18. The lowest BCUT2D eigenvalue weighted by molar-refractivity contribution is -0.00598. The number of aliphatic hydroxyl groups is 1. The number of nitrogens with zero attached hydrogens (tertiary/aromatic N) is 3. The highest BCUT2D eigenvalue weighted by atomic mass is 19.3. The normalized spacial score (nSPS) is 25.1. The maximum absolute atomic E-state index is 13.1. The molecule has 1 aromatic rings. The van der Waals surface area contributed by atoms with Crippen molar-refractivity contribution in [3.8, 4) is 0 Å². The predicted molar refractivity (Wildman–Crippen MR) is 57.6 cm³/mol. The van der Waals surface area contributed by atoms with Crippen molar-refractivity contribution < 1.29 is 13.9 Å². The molecule has 1 saturated carbocycles. The summed E-state index contributed by atoms with van der Waals surface area (Å²) in [6.07, 6.45) is 1.42. The van der Waals surface area contributed by atoms with E-state index in [4.69, 9.17) is 0 Å². The Labute approximate surface area is 98.6 Å². The van der Waals surface area contributed by atoms with Crippen LogP contribution in [0.3, 0.4) is 0 Å². The van der Waals surface area contributed by atoms with Gasteiger partial charge in [0, 0.05) is 19.4 Å². The van der Waals surface area contributed by atoms with Crippen LogP contribution in [0.25, 0.3) is 0 Å². The second kappa shape index (κ2) is 4.68. The fraction of sp³-hybridized carbons (Fsp3) is 0.818. The zero-order valence-corrected chi connectivity index (χ0v) is 9.81. The first-order valence-electron chi connectivity index (χ1n) is 5.98. The van der Waals surface area contributed by atoms with Crippen molar-refractivity contribution in [1.29, 1.82) is 0 Å². The van der Waals surface area contributed by atoms with Crippen molar-refractivity contribution in [3.63, 3.8) is 0 Å². The molecule has 1 heterocycles. The molecule has 96 valence electrons. The van der Waals surface area contributed by atoms with E-state index in [-0.39, 0.29) is 18.8 Å². The molecule has 1 aliphatic rings. The SMILES string of the molecule is CCCn1nncc1C(O)C1CCC(F)(F)C1. The van der Waals surface area contributed by atoms with Gasteiger partial charge in [-0.25, -0.2) is 13.5 Å². The van der Waals surface area contributed by atoms with Crippen LogP contribution in [0.2, 0.25) is 0 Å². The highest BCUT2D eigenvalue weighted by Gasteiger charge is 2.43. The van der Waals surface area contributed by atoms with E-state index in [1.54, 1.807) is 4.68 Å². The Morgan fingerprint density at radius 3 is 3.00 bits per heavy atom. The van der Waals surface area contributed by atoms with E-state index in [0.29, 0.717) is 18.7 Å². The summed E-state index contributed by atoms with van der Waals surface area (Å²) in [6.45, 7) is 2.64. The van der Waals surface area contributed by atoms with Gasteiger partial charge in [0.25, 0.3) is 0 Å². The Kier molecular flexibility index (Phi) is 3.42. The molecule has 2 unspecified atom stereocenters. The van der Waals surface area contributed by atoms with Gasteiger partial charge in [0.05, 0.1) is 11.9 Å². The minimum atomic E-state index is -2.63. The lowest BCUT2D eigenvalue weighted by Crippen LogP contribution is -2.17. The molecule has 0 amide bonds. The third kappa shape index (κ3) is 2.62. The second-order valence-electron chi connectivity index (χ2n) is 4.69. The Bertz CT molecular complexity index is 381. The fourth-order valence-electron chi connectivity index (χ4n) is 2.38. The Morgan fingerprint density at radius 2 is 2.41 bits per heavy atom. The summed E-state index contributed by atoms with van der Waals surface area (Å²) in [6, 6.07) is 0. The second-order valence-corrected chi connectivity index (χ2v) is 4.69. The third-order valence-electron chi connectivity index (χ3n) is 3.27. The number of hydrogen-bond donors (Lipinski definition) is 1. The highest BCUT2D eigenvalue weighted by molar-refractivity contribution is 5.03. The minimum Gasteiger partial charge on any atom is -0.386 e. The van der Waals surface area contributed by atoms with Crippen LogP contribution >= 0.6 is 0 Å². The molecule has 1 aliphatic carbocycles. The van der Waals surface area contributed by atoms with Gasteiger partial charge in [-0.15, -0.1) is 5.10 Å². The van der Waals surface area contributed by atoms with E-state index in [1.807, 2.05) is 6.92 Å². The molecule has 0 aliphatic heterocycles. The average Bonchev–Trinajstić information content (AvgIpc) is 2.84. The quantitative estimate of drug-likeness (QED) is 0.884. The Balaban J connectivity index is 2.09. The first-order chi connectivity index (χ1) is 8.03. The number of aryl methyl sites for hydroxylation is 1. The molecular weight excluding hydrogens is 228 g/mol. The molecule has 1 fully saturated rings. The zero-order valence-electron chi connectivity index (χ0n) is 9.81. The molecule has 2 rings (SSSR count). The molecule has 0 aromatic carbocycles. The monoisotopic (exact) mass is 245 g/mol. The van der Waals surface area contributed by atoms with Crippen LogP contribution in [0.5, 0.6) is 0 Å². The largest absolute Gasteiger partial charge is 0.386 e. The van der Waals surface area contributed by atoms with Crippen molar-refractivity contribution in [2.24, 2.45) is 5.92 Å².